The molecule has 0 aliphatic carbocycles. The van der Waals surface area contributed by atoms with Crippen LogP contribution < -0.4 is 20.9 Å². The number of fused-ring (bicyclic) bond motifs is 1. The van der Waals surface area contributed by atoms with E-state index in [0.717, 1.165) is 43.0 Å². The summed E-state index contributed by atoms with van der Waals surface area (Å²) in [5.41, 5.74) is 5.07. The molecule has 2 aliphatic heterocycles. The summed E-state index contributed by atoms with van der Waals surface area (Å²) in [5.74, 6) is -0.876. The molecule has 1 saturated heterocycles. The normalized spacial score (nSPS) is 16.4. The van der Waals surface area contributed by atoms with Crippen LogP contribution in [0.2, 0.25) is 0 Å². The molecule has 3 aromatic rings. The predicted octanol–water partition coefficient (Wildman–Crippen LogP) is 3.60. The molecule has 0 bridgehead atoms. The van der Waals surface area contributed by atoms with Crippen LogP contribution in [0, 0.1) is 5.82 Å². The van der Waals surface area contributed by atoms with Crippen LogP contribution in [-0.4, -0.2) is 74.3 Å². The highest BCUT2D eigenvalue weighted by Crippen LogP contribution is 2.38. The highest BCUT2D eigenvalue weighted by Gasteiger charge is 2.29. The van der Waals surface area contributed by atoms with Gasteiger partial charge in [0.05, 0.1) is 23.5 Å². The number of nitrogens with zero attached hydrogens (tertiary/aromatic N) is 3. The molecule has 0 aromatic heterocycles. The standard InChI is InChI=1S/C32H35FN6O3/c1-21(40)34-19-22-4-6-23(7-5-22)31(30-27-13-8-24(33)18-28(27)36-32(30)42)35-25-9-11-26(12-10-25)38(3)29(41)20-39-16-14-37(2)15-17-39/h4-13,18,35H,14-17,19-20H2,1-3H3,(H,34,40)(H,36,42)/b31-30-. The van der Waals surface area contributed by atoms with Crippen LogP contribution in [0.1, 0.15) is 23.6 Å². The van der Waals surface area contributed by atoms with Gasteiger partial charge in [0.25, 0.3) is 5.91 Å². The van der Waals surface area contributed by atoms with Crippen LogP contribution in [0.3, 0.4) is 0 Å². The average Bonchev–Trinajstić information content (AvgIpc) is 3.30. The zero-order valence-corrected chi connectivity index (χ0v) is 24.0. The first-order valence-corrected chi connectivity index (χ1v) is 13.9. The first-order chi connectivity index (χ1) is 20.2. The molecular formula is C32H35FN6O3. The van der Waals surface area contributed by atoms with Crippen molar-refractivity contribution < 1.29 is 18.8 Å². The smallest absolute Gasteiger partial charge is 0.258 e. The zero-order chi connectivity index (χ0) is 29.8. The van der Waals surface area contributed by atoms with Gasteiger partial charge in [0.2, 0.25) is 11.8 Å². The molecule has 0 atom stereocenters. The largest absolute Gasteiger partial charge is 0.354 e. The summed E-state index contributed by atoms with van der Waals surface area (Å²) in [6, 6.07) is 19.2. The topological polar surface area (TPSA) is 97.0 Å². The lowest BCUT2D eigenvalue weighted by Gasteiger charge is -2.32. The molecule has 2 heterocycles. The maximum absolute atomic E-state index is 13.9. The summed E-state index contributed by atoms with van der Waals surface area (Å²) in [6.45, 7) is 5.86. The molecule has 3 aromatic carbocycles. The van der Waals surface area contributed by atoms with Gasteiger partial charge in [-0.25, -0.2) is 4.39 Å². The third-order valence-corrected chi connectivity index (χ3v) is 7.61. The molecule has 218 valence electrons. The van der Waals surface area contributed by atoms with Crippen molar-refractivity contribution in [3.63, 3.8) is 0 Å². The number of carbonyl (C=O) groups is 3. The minimum atomic E-state index is -0.436. The summed E-state index contributed by atoms with van der Waals surface area (Å²) in [7, 11) is 3.86. The third-order valence-electron chi connectivity index (χ3n) is 7.61. The van der Waals surface area contributed by atoms with Crippen molar-refractivity contribution in [1.29, 1.82) is 0 Å². The Bertz CT molecular complexity index is 1510. The number of amides is 3. The molecule has 1 fully saturated rings. The highest BCUT2D eigenvalue weighted by molar-refractivity contribution is 6.37. The second kappa shape index (κ2) is 12.5. The summed E-state index contributed by atoms with van der Waals surface area (Å²) < 4.78 is 13.9. The Balaban J connectivity index is 1.40. The summed E-state index contributed by atoms with van der Waals surface area (Å²) in [5, 5.41) is 8.94. The van der Waals surface area contributed by atoms with Gasteiger partial charge in [-0.3, -0.25) is 19.3 Å². The first-order valence-electron chi connectivity index (χ1n) is 13.9. The number of halogens is 1. The minimum Gasteiger partial charge on any atom is -0.354 e. The Morgan fingerprint density at radius 3 is 2.33 bits per heavy atom. The van der Waals surface area contributed by atoms with E-state index in [1.54, 1.807) is 18.0 Å². The van der Waals surface area contributed by atoms with E-state index in [0.29, 0.717) is 41.3 Å². The van der Waals surface area contributed by atoms with Crippen molar-refractivity contribution in [3.8, 4) is 0 Å². The van der Waals surface area contributed by atoms with E-state index in [9.17, 15) is 18.8 Å². The number of piperazine rings is 1. The van der Waals surface area contributed by atoms with Gasteiger partial charge in [0.15, 0.2) is 0 Å². The van der Waals surface area contributed by atoms with E-state index >= 15 is 0 Å². The number of nitrogens with one attached hydrogen (secondary N) is 3. The molecule has 3 amide bonds. The lowest BCUT2D eigenvalue weighted by Crippen LogP contribution is -2.48. The lowest BCUT2D eigenvalue weighted by atomic mass is 9.99. The number of hydrogen-bond acceptors (Lipinski definition) is 6. The molecule has 3 N–H and O–H groups in total. The van der Waals surface area contributed by atoms with Gasteiger partial charge in [0.1, 0.15) is 5.82 Å². The van der Waals surface area contributed by atoms with Gasteiger partial charge in [-0.2, -0.15) is 0 Å². The monoisotopic (exact) mass is 570 g/mol. The Morgan fingerprint density at radius 1 is 0.976 bits per heavy atom. The molecule has 10 heteroatoms. The molecule has 9 nitrogen and oxygen atoms in total. The third kappa shape index (κ3) is 6.67. The van der Waals surface area contributed by atoms with Crippen molar-refractivity contribution >= 4 is 46.1 Å². The van der Waals surface area contributed by atoms with E-state index in [1.165, 1.54) is 19.1 Å². The van der Waals surface area contributed by atoms with Gasteiger partial charge in [-0.1, -0.05) is 24.3 Å². The lowest BCUT2D eigenvalue weighted by molar-refractivity contribution is -0.120. The second-order valence-electron chi connectivity index (χ2n) is 10.7. The fourth-order valence-corrected chi connectivity index (χ4v) is 5.05. The summed E-state index contributed by atoms with van der Waals surface area (Å²) in [6.07, 6.45) is 0. The van der Waals surface area contributed by atoms with E-state index < -0.39 is 5.82 Å². The molecule has 42 heavy (non-hydrogen) atoms. The summed E-state index contributed by atoms with van der Waals surface area (Å²) >= 11 is 0. The number of rotatable bonds is 8. The van der Waals surface area contributed by atoms with Gasteiger partial charge < -0.3 is 25.8 Å². The predicted molar refractivity (Wildman–Crippen MR) is 163 cm³/mol. The van der Waals surface area contributed by atoms with E-state index in [-0.39, 0.29) is 17.7 Å². The number of likely N-dealkylation sites (N-methyl/N-ethyl adjacent to an activating group) is 2. The van der Waals surface area contributed by atoms with Crippen molar-refractivity contribution in [2.24, 2.45) is 0 Å². The molecule has 0 radical (unpaired) electrons. The van der Waals surface area contributed by atoms with Crippen LogP contribution in [-0.2, 0) is 20.9 Å². The number of carbonyl (C=O) groups excluding carboxylic acids is 3. The van der Waals surface area contributed by atoms with Crippen LogP contribution in [0.15, 0.2) is 66.7 Å². The summed E-state index contributed by atoms with van der Waals surface area (Å²) in [4.78, 5) is 43.5. The highest BCUT2D eigenvalue weighted by atomic mass is 19.1. The Morgan fingerprint density at radius 2 is 1.67 bits per heavy atom. The van der Waals surface area contributed by atoms with Crippen LogP contribution in [0.25, 0.3) is 11.3 Å². The molecule has 0 spiro atoms. The van der Waals surface area contributed by atoms with Crippen LogP contribution >= 0.6 is 0 Å². The fraction of sp³-hybridized carbons (Fsp3) is 0.281. The van der Waals surface area contributed by atoms with Gasteiger partial charge in [-0.15, -0.1) is 0 Å². The number of anilines is 3. The van der Waals surface area contributed by atoms with Crippen molar-refractivity contribution in [3.05, 3.63) is 89.2 Å². The van der Waals surface area contributed by atoms with Crippen LogP contribution in [0.4, 0.5) is 21.5 Å². The SMILES string of the molecule is CC(=O)NCc1ccc(/C(Nc2ccc(N(C)C(=O)CN3CCN(C)CC3)cc2)=C2/C(=O)Nc3cc(F)ccc32)cc1. The Labute approximate surface area is 245 Å². The minimum absolute atomic E-state index is 0.0221. The molecule has 5 rings (SSSR count). The maximum Gasteiger partial charge on any atom is 0.258 e. The maximum atomic E-state index is 13.9. The number of benzene rings is 3. The fourth-order valence-electron chi connectivity index (χ4n) is 5.05. The van der Waals surface area contributed by atoms with Crippen molar-refractivity contribution in [2.75, 3.05) is 62.4 Å². The Kier molecular flexibility index (Phi) is 8.65. The Hall–Kier alpha value is -4.54. The second-order valence-corrected chi connectivity index (χ2v) is 10.7. The van der Waals surface area contributed by atoms with Gasteiger partial charge >= 0.3 is 0 Å². The molecule has 0 unspecified atom stereocenters. The van der Waals surface area contributed by atoms with E-state index in [4.69, 9.17) is 0 Å². The molecular weight excluding hydrogens is 535 g/mol. The van der Waals surface area contributed by atoms with Gasteiger partial charge in [-0.05, 0) is 60.6 Å². The van der Waals surface area contributed by atoms with E-state index in [1.807, 2.05) is 48.5 Å². The van der Waals surface area contributed by atoms with Crippen molar-refractivity contribution in [1.82, 2.24) is 15.1 Å². The van der Waals surface area contributed by atoms with Gasteiger partial charge in [0, 0.05) is 63.6 Å². The zero-order valence-electron chi connectivity index (χ0n) is 24.0. The molecule has 2 aliphatic rings. The quantitative estimate of drug-likeness (QED) is 0.358. The number of hydrogen-bond donors (Lipinski definition) is 3. The van der Waals surface area contributed by atoms with Crippen molar-refractivity contribution in [2.45, 2.75) is 13.5 Å². The average molecular weight is 571 g/mol. The van der Waals surface area contributed by atoms with Crippen LogP contribution in [0.5, 0.6) is 0 Å². The first kappa shape index (κ1) is 29.0. The molecule has 0 saturated carbocycles. The van der Waals surface area contributed by atoms with E-state index in [2.05, 4.69) is 32.8 Å².